The molecule has 1 atom stereocenters. The average Bonchev–Trinajstić information content (AvgIpc) is 3.44. The van der Waals surface area contributed by atoms with Crippen LogP contribution in [0, 0.1) is 11.3 Å². The van der Waals surface area contributed by atoms with Crippen molar-refractivity contribution in [3.8, 4) is 17.6 Å². The SMILES string of the molecule is CCOC(=O)C1=C(c2ccccc2)N=c2s/c(=C\c3cc(Cl)c(OCc4ccc(C#N)cc4)c(OC)c3)c(=O)n2[C@H]1c1ccc(SC)cc1. The summed E-state index contributed by atoms with van der Waals surface area (Å²) in [4.78, 5) is 34.4. The Bertz CT molecular complexity index is 2270. The lowest BCUT2D eigenvalue weighted by Gasteiger charge is -2.26. The highest BCUT2D eigenvalue weighted by molar-refractivity contribution is 7.98. The van der Waals surface area contributed by atoms with E-state index in [0.29, 0.717) is 42.7 Å². The molecule has 6 rings (SSSR count). The van der Waals surface area contributed by atoms with Gasteiger partial charge < -0.3 is 14.2 Å². The number of nitrogens with zero attached hydrogens (tertiary/aromatic N) is 3. The van der Waals surface area contributed by atoms with E-state index in [4.69, 9.17) is 36.1 Å². The molecule has 49 heavy (non-hydrogen) atoms. The summed E-state index contributed by atoms with van der Waals surface area (Å²) in [6, 6.07) is 29.1. The molecule has 0 unspecified atom stereocenters. The van der Waals surface area contributed by atoms with E-state index in [2.05, 4.69) is 6.07 Å². The number of hydrogen-bond acceptors (Lipinski definition) is 9. The first-order valence-electron chi connectivity index (χ1n) is 15.3. The van der Waals surface area contributed by atoms with Crippen molar-refractivity contribution in [1.29, 1.82) is 5.26 Å². The number of rotatable bonds is 10. The number of benzene rings is 4. The van der Waals surface area contributed by atoms with E-state index in [1.165, 1.54) is 18.4 Å². The Morgan fingerprint density at radius 3 is 2.47 bits per heavy atom. The van der Waals surface area contributed by atoms with Gasteiger partial charge in [0.1, 0.15) is 6.61 Å². The summed E-state index contributed by atoms with van der Waals surface area (Å²) in [6.45, 7) is 2.13. The van der Waals surface area contributed by atoms with Crippen LogP contribution in [0.2, 0.25) is 5.02 Å². The second-order valence-electron chi connectivity index (χ2n) is 10.8. The number of thiazole rings is 1. The zero-order valence-electron chi connectivity index (χ0n) is 26.8. The summed E-state index contributed by atoms with van der Waals surface area (Å²) in [6.07, 6.45) is 3.72. The van der Waals surface area contributed by atoms with Crippen molar-refractivity contribution < 1.29 is 19.0 Å². The van der Waals surface area contributed by atoms with Gasteiger partial charge in [0.15, 0.2) is 16.3 Å². The van der Waals surface area contributed by atoms with Crippen LogP contribution in [-0.2, 0) is 16.1 Å². The van der Waals surface area contributed by atoms with E-state index < -0.39 is 12.0 Å². The van der Waals surface area contributed by atoms with Crippen molar-refractivity contribution >= 4 is 52.4 Å². The van der Waals surface area contributed by atoms with Crippen LogP contribution in [0.1, 0.15) is 40.8 Å². The molecule has 5 aromatic rings. The summed E-state index contributed by atoms with van der Waals surface area (Å²) >= 11 is 9.53. The Hall–Kier alpha value is -5.08. The van der Waals surface area contributed by atoms with Crippen LogP contribution in [0.4, 0.5) is 0 Å². The number of methoxy groups -OCH3 is 1. The number of ether oxygens (including phenoxy) is 3. The van der Waals surface area contributed by atoms with E-state index in [9.17, 15) is 9.59 Å². The van der Waals surface area contributed by atoms with Crippen molar-refractivity contribution in [3.63, 3.8) is 0 Å². The Morgan fingerprint density at radius 2 is 1.82 bits per heavy atom. The number of aromatic nitrogens is 1. The number of nitriles is 1. The Balaban J connectivity index is 1.47. The normalized spacial score (nSPS) is 14.1. The second-order valence-corrected chi connectivity index (χ2v) is 13.1. The number of carbonyl (C=O) groups is 1. The number of thioether (sulfide) groups is 1. The molecule has 1 aliphatic heterocycles. The molecule has 0 N–H and O–H groups in total. The van der Waals surface area contributed by atoms with Gasteiger partial charge in [-0.15, -0.1) is 11.8 Å². The minimum Gasteiger partial charge on any atom is -0.493 e. The summed E-state index contributed by atoms with van der Waals surface area (Å²) in [5.41, 5.74) is 3.96. The Kier molecular flexibility index (Phi) is 10.3. The summed E-state index contributed by atoms with van der Waals surface area (Å²) in [7, 11) is 1.52. The molecule has 1 aliphatic rings. The number of carbonyl (C=O) groups excluding carboxylic acids is 1. The van der Waals surface area contributed by atoms with Crippen molar-refractivity contribution in [1.82, 2.24) is 4.57 Å². The van der Waals surface area contributed by atoms with Crippen LogP contribution in [0.15, 0.2) is 111 Å². The maximum absolute atomic E-state index is 14.3. The molecule has 0 saturated carbocycles. The van der Waals surface area contributed by atoms with Crippen molar-refractivity contribution in [3.05, 3.63) is 149 Å². The first-order valence-corrected chi connectivity index (χ1v) is 17.7. The highest BCUT2D eigenvalue weighted by atomic mass is 35.5. The van der Waals surface area contributed by atoms with Crippen molar-refractivity contribution in [2.75, 3.05) is 20.0 Å². The molecule has 2 heterocycles. The smallest absolute Gasteiger partial charge is 0.338 e. The van der Waals surface area contributed by atoms with Gasteiger partial charge in [-0.05, 0) is 72.3 Å². The highest BCUT2D eigenvalue weighted by Gasteiger charge is 2.35. The topological polar surface area (TPSA) is 103 Å². The van der Waals surface area contributed by atoms with Crippen LogP contribution >= 0.6 is 34.7 Å². The minimum absolute atomic E-state index is 0.169. The van der Waals surface area contributed by atoms with Gasteiger partial charge in [0.05, 0.1) is 52.2 Å². The van der Waals surface area contributed by atoms with Crippen LogP contribution < -0.4 is 24.4 Å². The summed E-state index contributed by atoms with van der Waals surface area (Å²) in [5, 5.41) is 9.37. The third-order valence-corrected chi connectivity index (χ3v) is 9.83. The zero-order chi connectivity index (χ0) is 34.5. The quantitative estimate of drug-likeness (QED) is 0.117. The lowest BCUT2D eigenvalue weighted by Crippen LogP contribution is -2.40. The molecule has 0 fully saturated rings. The van der Waals surface area contributed by atoms with Crippen molar-refractivity contribution in [2.24, 2.45) is 4.99 Å². The fraction of sp³-hybridized carbons (Fsp3) is 0.158. The predicted octanol–water partition coefficient (Wildman–Crippen LogP) is 6.77. The van der Waals surface area contributed by atoms with E-state index in [-0.39, 0.29) is 24.3 Å². The van der Waals surface area contributed by atoms with Gasteiger partial charge >= 0.3 is 5.97 Å². The first-order chi connectivity index (χ1) is 23.8. The minimum atomic E-state index is -0.778. The largest absolute Gasteiger partial charge is 0.493 e. The van der Waals surface area contributed by atoms with E-state index in [1.807, 2.05) is 73.0 Å². The average molecular weight is 708 g/mol. The molecule has 246 valence electrons. The molecule has 0 aliphatic carbocycles. The van der Waals surface area contributed by atoms with Gasteiger partial charge in [0.2, 0.25) is 0 Å². The standard InChI is InChI=1S/C38H30ClN3O5S2/c1-4-46-37(44)32-33(26-8-6-5-7-9-26)41-38-42(34(32)27-14-16-28(48-3)17-15-27)36(43)31(49-38)20-25-18-29(39)35(30(19-25)45-2)47-22-24-12-10-23(21-40)11-13-24/h5-20,34H,4,22H2,1-3H3/b31-20-/t34-/m0/s1. The third-order valence-electron chi connectivity index (χ3n) is 7.82. The predicted molar refractivity (Wildman–Crippen MR) is 193 cm³/mol. The number of fused-ring (bicyclic) bond motifs is 1. The molecular formula is C38H30ClN3O5S2. The first kappa shape index (κ1) is 33.8. The number of halogens is 1. The molecule has 1 aromatic heterocycles. The summed E-state index contributed by atoms with van der Waals surface area (Å²) < 4.78 is 19.2. The van der Waals surface area contributed by atoms with Gasteiger partial charge in [0, 0.05) is 10.5 Å². The van der Waals surface area contributed by atoms with E-state index in [1.54, 1.807) is 53.6 Å². The van der Waals surface area contributed by atoms with Gasteiger partial charge in [-0.2, -0.15) is 5.26 Å². The lowest BCUT2D eigenvalue weighted by molar-refractivity contribution is -0.138. The fourth-order valence-corrected chi connectivity index (χ4v) is 7.17. The Labute approximate surface area is 296 Å². The van der Waals surface area contributed by atoms with Crippen molar-refractivity contribution in [2.45, 2.75) is 24.5 Å². The number of esters is 1. The maximum atomic E-state index is 14.3. The molecule has 0 saturated heterocycles. The monoisotopic (exact) mass is 707 g/mol. The second kappa shape index (κ2) is 15.0. The zero-order valence-corrected chi connectivity index (χ0v) is 29.2. The third kappa shape index (κ3) is 7.06. The van der Waals surface area contributed by atoms with Crippen LogP contribution in [0.25, 0.3) is 11.8 Å². The molecule has 8 nitrogen and oxygen atoms in total. The summed E-state index contributed by atoms with van der Waals surface area (Å²) in [5.74, 6) is 0.210. The van der Waals surface area contributed by atoms with E-state index >= 15 is 0 Å². The molecular weight excluding hydrogens is 678 g/mol. The van der Waals surface area contributed by atoms with Crippen LogP contribution in [0.5, 0.6) is 11.5 Å². The van der Waals surface area contributed by atoms with Gasteiger partial charge in [-0.3, -0.25) is 9.36 Å². The highest BCUT2D eigenvalue weighted by Crippen LogP contribution is 2.38. The molecule has 0 bridgehead atoms. The molecule has 0 radical (unpaired) electrons. The number of hydrogen-bond donors (Lipinski definition) is 0. The van der Waals surface area contributed by atoms with Crippen LogP contribution in [0.3, 0.4) is 0 Å². The van der Waals surface area contributed by atoms with Gasteiger partial charge in [0.25, 0.3) is 5.56 Å². The Morgan fingerprint density at radius 1 is 1.08 bits per heavy atom. The molecule has 0 amide bonds. The molecule has 4 aromatic carbocycles. The molecule has 0 spiro atoms. The van der Waals surface area contributed by atoms with Gasteiger partial charge in [-0.1, -0.05) is 77.5 Å². The molecule has 11 heteroatoms. The lowest BCUT2D eigenvalue weighted by atomic mass is 9.93. The van der Waals surface area contributed by atoms with Gasteiger partial charge in [-0.25, -0.2) is 9.79 Å². The van der Waals surface area contributed by atoms with E-state index in [0.717, 1.165) is 21.6 Å². The fourth-order valence-electron chi connectivity index (χ4n) is 5.49. The van der Waals surface area contributed by atoms with Crippen LogP contribution in [-0.4, -0.2) is 30.5 Å². The maximum Gasteiger partial charge on any atom is 0.338 e.